The van der Waals surface area contributed by atoms with Gasteiger partial charge in [0.1, 0.15) is 42.3 Å². The number of amides is 8. The van der Waals surface area contributed by atoms with Crippen molar-refractivity contribution in [3.63, 3.8) is 0 Å². The van der Waals surface area contributed by atoms with E-state index in [0.717, 1.165) is 0 Å². The minimum absolute atomic E-state index is 0.00123. The van der Waals surface area contributed by atoms with Crippen molar-refractivity contribution in [1.82, 2.24) is 41.3 Å². The highest BCUT2D eigenvalue weighted by Gasteiger charge is 2.45. The molecule has 17 N–H and O–H groups in total. The number of nitrogens with zero attached hydrogens (tertiary/aromatic N) is 4. The van der Waals surface area contributed by atoms with Gasteiger partial charge in [-0.25, -0.2) is 14.4 Å². The van der Waals surface area contributed by atoms with Crippen molar-refractivity contribution in [1.29, 1.82) is 0 Å². The van der Waals surface area contributed by atoms with E-state index in [9.17, 15) is 79.7 Å². The molecular formula is C54H75F6N13O15. The largest absolute Gasteiger partial charge is 0.490 e. The van der Waals surface area contributed by atoms with Crippen molar-refractivity contribution < 1.29 is 99.5 Å². The summed E-state index contributed by atoms with van der Waals surface area (Å²) in [6, 6.07) is 8.31. The number of rotatable bonds is 27. The molecule has 0 radical (unpaired) electrons. The number of carboxylic acid groups (broad SMARTS) is 3. The lowest BCUT2D eigenvalue weighted by Crippen LogP contribution is -2.59. The van der Waals surface area contributed by atoms with E-state index in [1.165, 1.54) is 14.7 Å². The van der Waals surface area contributed by atoms with E-state index in [2.05, 4.69) is 31.6 Å². The normalized spacial score (nSPS) is 18.0. The van der Waals surface area contributed by atoms with Crippen LogP contribution in [0.15, 0.2) is 65.7 Å². The molecule has 3 heterocycles. The number of hydrogen-bond acceptors (Lipinski definition) is 15. The summed E-state index contributed by atoms with van der Waals surface area (Å²) in [5.41, 5.74) is 24.0. The Kier molecular flexibility index (Phi) is 30.0. The second kappa shape index (κ2) is 35.8. The summed E-state index contributed by atoms with van der Waals surface area (Å²) in [4.78, 5) is 148. The van der Waals surface area contributed by atoms with E-state index in [1.807, 2.05) is 0 Å². The van der Waals surface area contributed by atoms with Crippen molar-refractivity contribution in [2.24, 2.45) is 27.9 Å². The fourth-order valence-electron chi connectivity index (χ4n) is 9.53. The van der Waals surface area contributed by atoms with Gasteiger partial charge in [-0.15, -0.1) is 0 Å². The maximum atomic E-state index is 14.2. The number of guanidine groups is 1. The van der Waals surface area contributed by atoms with Crippen molar-refractivity contribution in [2.45, 2.75) is 144 Å². The number of hydrogen-bond donors (Lipinski definition) is 13. The Bertz CT molecular complexity index is 2710. The fraction of sp³-hybridized carbons (Fsp3) is 0.556. The van der Waals surface area contributed by atoms with Gasteiger partial charge in [0, 0.05) is 39.0 Å². The first-order valence-electron chi connectivity index (χ1n) is 27.8. The van der Waals surface area contributed by atoms with Crippen molar-refractivity contribution in [2.75, 3.05) is 45.9 Å². The number of unbranched alkanes of at least 4 members (excludes halogenated alkanes) is 1. The van der Waals surface area contributed by atoms with Crippen LogP contribution in [0.25, 0.3) is 0 Å². The smallest absolute Gasteiger partial charge is 0.480 e. The number of nitrogens with two attached hydrogens (primary N) is 4. The first-order valence-corrected chi connectivity index (χ1v) is 27.8. The molecule has 28 nitrogen and oxygen atoms in total. The molecule has 0 aliphatic carbocycles. The van der Waals surface area contributed by atoms with E-state index in [1.54, 1.807) is 60.7 Å². The second-order valence-corrected chi connectivity index (χ2v) is 20.4. The predicted octanol–water partition coefficient (Wildman–Crippen LogP) is -1.65. The number of aliphatic hydroxyl groups excluding tert-OH is 1. The SMILES string of the molecule is NCCCC[C@H](N)C(=O)N[C@@H](CCCN=C(N)N)C(=O)N1CCC[C@H]1C(=O)N1CCC[C@H]1C(=O)NCC(=O)N[C@@H](Cc1ccccc1)C(=O)N[C@@H](CO)C(=O)N1CCC[C@H]1C(=O)N[C@@H](Cc1ccccc1)C(=O)O.O=C(O)C(F)(F)F.O=C(O)C(F)(F)F. The minimum Gasteiger partial charge on any atom is -0.480 e. The molecule has 8 atom stereocenters. The van der Waals surface area contributed by atoms with Gasteiger partial charge in [0.2, 0.25) is 47.3 Å². The number of halogens is 6. The standard InChI is InChI=1S/C50H73N13O11.2C2HF3O2/c51-22-8-7-17-33(52)42(66)58-34(18-9-23-55-50(53)54)46(70)63-26-12-21-40(63)48(72)62-25-10-19-38(62)44(68)56-29-41(65)57-35(27-31-13-3-1-4-14-31)43(67)60-37(30-64)47(71)61-24-11-20-39(61)45(69)59-36(49(73)74)28-32-15-5-2-6-16-32;2*3-2(4,5)1(6)7/h1-6,13-16,33-40,64H,7-12,17-30,51-52H2,(H,56,68)(H,57,65)(H,58,66)(H,59,69)(H,60,67)(H,73,74)(H4,53,54,55);2*(H,6,7)/t33-,34-,35-,36-,37-,38-,39-,40-;;/m0../s1. The van der Waals surface area contributed by atoms with Crippen LogP contribution in [0, 0.1) is 0 Å². The van der Waals surface area contributed by atoms with Crippen LogP contribution in [-0.4, -0.2) is 213 Å². The Balaban J connectivity index is 0.00000129. The molecule has 5 rings (SSSR count). The Morgan fingerprint density at radius 2 is 1.05 bits per heavy atom. The zero-order valence-electron chi connectivity index (χ0n) is 47.7. The highest BCUT2D eigenvalue weighted by Crippen LogP contribution is 2.27. The zero-order chi connectivity index (χ0) is 65.9. The lowest BCUT2D eigenvalue weighted by Gasteiger charge is -2.33. The van der Waals surface area contributed by atoms with Crippen molar-refractivity contribution in [3.8, 4) is 0 Å². The number of aliphatic carboxylic acids is 3. The average molecular weight is 1260 g/mol. The van der Waals surface area contributed by atoms with Gasteiger partial charge >= 0.3 is 30.3 Å². The van der Waals surface area contributed by atoms with Crippen LogP contribution in [-0.2, 0) is 65.6 Å². The molecule has 88 heavy (non-hydrogen) atoms. The number of nitrogens with one attached hydrogen (secondary N) is 5. The molecule has 3 aliphatic rings. The van der Waals surface area contributed by atoms with Gasteiger partial charge in [0.05, 0.1) is 19.2 Å². The number of benzene rings is 2. The maximum Gasteiger partial charge on any atom is 0.490 e. The molecule has 2 aromatic rings. The van der Waals surface area contributed by atoms with Gasteiger partial charge in [-0.1, -0.05) is 67.1 Å². The number of carbonyl (C=O) groups is 11. The molecule has 0 saturated carbocycles. The molecule has 0 unspecified atom stereocenters. The van der Waals surface area contributed by atoms with Crippen LogP contribution in [0.1, 0.15) is 81.8 Å². The topological polar surface area (TPSA) is 455 Å². The lowest BCUT2D eigenvalue weighted by atomic mass is 10.0. The average Bonchev–Trinajstić information content (AvgIpc) is 2.03. The lowest BCUT2D eigenvalue weighted by molar-refractivity contribution is -0.193. The molecule has 0 spiro atoms. The van der Waals surface area contributed by atoms with Crippen molar-refractivity contribution in [3.05, 3.63) is 71.8 Å². The molecular weight excluding hydrogens is 1180 g/mol. The molecule has 3 fully saturated rings. The predicted molar refractivity (Wildman–Crippen MR) is 298 cm³/mol. The summed E-state index contributed by atoms with van der Waals surface area (Å²) in [6.45, 7) is -0.293. The minimum atomic E-state index is -5.08. The van der Waals surface area contributed by atoms with Crippen LogP contribution in [0.5, 0.6) is 0 Å². The summed E-state index contributed by atoms with van der Waals surface area (Å²) in [5.74, 6) is -12.1. The Hall–Kier alpha value is -8.66. The number of aliphatic imine (C=N–C) groups is 1. The number of likely N-dealkylation sites (tertiary alicyclic amines) is 3. The zero-order valence-corrected chi connectivity index (χ0v) is 47.7. The van der Waals surface area contributed by atoms with E-state index in [-0.39, 0.29) is 64.2 Å². The van der Waals surface area contributed by atoms with E-state index >= 15 is 0 Å². The molecule has 488 valence electrons. The summed E-state index contributed by atoms with van der Waals surface area (Å²) >= 11 is 0. The first-order chi connectivity index (χ1) is 41.4. The third kappa shape index (κ3) is 24.2. The monoisotopic (exact) mass is 1260 g/mol. The summed E-state index contributed by atoms with van der Waals surface area (Å²) in [7, 11) is 0. The summed E-state index contributed by atoms with van der Waals surface area (Å²) < 4.78 is 63.5. The number of carbonyl (C=O) groups excluding carboxylic acids is 8. The molecule has 3 saturated heterocycles. The molecule has 3 aliphatic heterocycles. The highest BCUT2D eigenvalue weighted by molar-refractivity contribution is 5.98. The van der Waals surface area contributed by atoms with Gasteiger partial charge < -0.3 is 84.6 Å². The van der Waals surface area contributed by atoms with Gasteiger partial charge in [-0.3, -0.25) is 43.3 Å². The first kappa shape index (κ1) is 73.6. The van der Waals surface area contributed by atoms with Gasteiger partial charge in [-0.2, -0.15) is 26.3 Å². The maximum absolute atomic E-state index is 14.2. The third-order valence-corrected chi connectivity index (χ3v) is 13.9. The quantitative estimate of drug-likeness (QED) is 0.0206. The van der Waals surface area contributed by atoms with Gasteiger partial charge in [0.15, 0.2) is 5.96 Å². The van der Waals surface area contributed by atoms with E-state index in [0.29, 0.717) is 69.0 Å². The van der Waals surface area contributed by atoms with Crippen molar-refractivity contribution >= 4 is 71.1 Å². The Labute approximate surface area is 500 Å². The molecule has 2 aromatic carbocycles. The fourth-order valence-corrected chi connectivity index (χ4v) is 9.53. The molecule has 34 heteroatoms. The van der Waals surface area contributed by atoms with Gasteiger partial charge in [-0.05, 0) is 81.9 Å². The van der Waals surface area contributed by atoms with Crippen LogP contribution in [0.3, 0.4) is 0 Å². The highest BCUT2D eigenvalue weighted by atomic mass is 19.4. The Morgan fingerprint density at radius 1 is 0.580 bits per heavy atom. The number of alkyl halides is 6. The summed E-state index contributed by atoms with van der Waals surface area (Å²) in [5, 5.41) is 47.5. The number of aliphatic hydroxyl groups is 1. The molecule has 8 amide bonds. The molecule has 0 aromatic heterocycles. The Morgan fingerprint density at radius 3 is 1.53 bits per heavy atom. The van der Waals surface area contributed by atoms with Crippen LogP contribution in [0.4, 0.5) is 26.3 Å². The third-order valence-electron chi connectivity index (χ3n) is 13.9. The van der Waals surface area contributed by atoms with Gasteiger partial charge in [0.25, 0.3) is 0 Å². The second-order valence-electron chi connectivity index (χ2n) is 20.4. The van der Waals surface area contributed by atoms with E-state index < -0.39 is 139 Å². The van der Waals surface area contributed by atoms with Crippen LogP contribution in [0.2, 0.25) is 0 Å². The van der Waals surface area contributed by atoms with Crippen LogP contribution < -0.4 is 49.5 Å². The summed E-state index contributed by atoms with van der Waals surface area (Å²) in [6.07, 6.45) is -5.92. The molecule has 0 bridgehead atoms. The number of carboxylic acids is 3. The van der Waals surface area contributed by atoms with Crippen LogP contribution >= 0.6 is 0 Å². The van der Waals surface area contributed by atoms with E-state index in [4.69, 9.17) is 42.7 Å².